The molecule has 2 aromatic carbocycles. The highest BCUT2D eigenvalue weighted by Gasteiger charge is 2.37. The standard InChI is InChI=1S/C13H9F3N2/c1-18-12(13(14,15)16)10-7-6-8-4-2-3-5-9(8)11(10)17-18/h2-7H,1H3. The zero-order chi connectivity index (χ0) is 12.9. The Balaban J connectivity index is 2.49. The second kappa shape index (κ2) is 3.48. The van der Waals surface area contributed by atoms with Gasteiger partial charge in [0.1, 0.15) is 11.2 Å². The first-order valence-electron chi connectivity index (χ1n) is 5.40. The number of alkyl halides is 3. The van der Waals surface area contributed by atoms with E-state index < -0.39 is 11.9 Å². The fourth-order valence-corrected chi connectivity index (χ4v) is 2.26. The molecule has 0 bridgehead atoms. The van der Waals surface area contributed by atoms with Crippen molar-refractivity contribution in [1.82, 2.24) is 9.78 Å². The number of halogens is 3. The third-order valence-electron chi connectivity index (χ3n) is 3.00. The molecule has 0 aliphatic rings. The Morgan fingerprint density at radius 1 is 1.00 bits per heavy atom. The normalized spacial score (nSPS) is 12.4. The zero-order valence-corrected chi connectivity index (χ0v) is 9.49. The Hall–Kier alpha value is -2.04. The quantitative estimate of drug-likeness (QED) is 0.594. The van der Waals surface area contributed by atoms with Crippen LogP contribution in [-0.2, 0) is 13.2 Å². The van der Waals surface area contributed by atoms with Crippen molar-refractivity contribution >= 4 is 21.7 Å². The Morgan fingerprint density at radius 3 is 2.44 bits per heavy atom. The summed E-state index contributed by atoms with van der Waals surface area (Å²) in [4.78, 5) is 0. The first kappa shape index (κ1) is 11.1. The fourth-order valence-electron chi connectivity index (χ4n) is 2.26. The van der Waals surface area contributed by atoms with Crippen LogP contribution >= 0.6 is 0 Å². The van der Waals surface area contributed by atoms with Crippen LogP contribution in [0.2, 0.25) is 0 Å². The van der Waals surface area contributed by atoms with Gasteiger partial charge < -0.3 is 0 Å². The third kappa shape index (κ3) is 1.47. The van der Waals surface area contributed by atoms with Gasteiger partial charge in [0.15, 0.2) is 0 Å². The topological polar surface area (TPSA) is 17.8 Å². The summed E-state index contributed by atoms with van der Waals surface area (Å²) >= 11 is 0. The monoisotopic (exact) mass is 250 g/mol. The zero-order valence-electron chi connectivity index (χ0n) is 9.49. The summed E-state index contributed by atoms with van der Waals surface area (Å²) in [5.41, 5.74) is -0.314. The van der Waals surface area contributed by atoms with E-state index in [1.165, 1.54) is 13.1 Å². The van der Waals surface area contributed by atoms with Crippen molar-refractivity contribution in [2.75, 3.05) is 0 Å². The summed E-state index contributed by atoms with van der Waals surface area (Å²) in [7, 11) is 1.32. The fraction of sp³-hybridized carbons (Fsp3) is 0.154. The van der Waals surface area contributed by atoms with E-state index in [0.29, 0.717) is 5.52 Å². The first-order chi connectivity index (χ1) is 8.48. The van der Waals surface area contributed by atoms with Crippen molar-refractivity contribution < 1.29 is 13.2 Å². The molecular weight excluding hydrogens is 241 g/mol. The van der Waals surface area contributed by atoms with E-state index in [4.69, 9.17) is 0 Å². The lowest BCUT2D eigenvalue weighted by Crippen LogP contribution is -2.11. The molecule has 2 nitrogen and oxygen atoms in total. The summed E-state index contributed by atoms with van der Waals surface area (Å²) in [5, 5.41) is 5.77. The van der Waals surface area contributed by atoms with Crippen LogP contribution in [0, 0.1) is 0 Å². The van der Waals surface area contributed by atoms with Gasteiger partial charge in [-0.2, -0.15) is 18.3 Å². The number of hydrogen-bond donors (Lipinski definition) is 0. The SMILES string of the molecule is Cn1nc2c(ccc3ccccc32)c1C(F)(F)F. The van der Waals surface area contributed by atoms with Gasteiger partial charge in [-0.05, 0) is 11.5 Å². The lowest BCUT2D eigenvalue weighted by molar-refractivity contribution is -0.142. The van der Waals surface area contributed by atoms with Crippen molar-refractivity contribution in [3.05, 3.63) is 42.1 Å². The Kier molecular flexibility index (Phi) is 2.14. The van der Waals surface area contributed by atoms with Crippen molar-refractivity contribution in [3.63, 3.8) is 0 Å². The minimum atomic E-state index is -4.40. The van der Waals surface area contributed by atoms with Gasteiger partial charge in [0.25, 0.3) is 0 Å². The Labute approximate surface area is 101 Å². The molecule has 0 aliphatic heterocycles. The van der Waals surface area contributed by atoms with Gasteiger partial charge in [0.2, 0.25) is 0 Å². The smallest absolute Gasteiger partial charge is 0.262 e. The molecule has 0 atom stereocenters. The van der Waals surface area contributed by atoms with Crippen LogP contribution in [0.4, 0.5) is 13.2 Å². The summed E-state index contributed by atoms with van der Waals surface area (Å²) in [6.07, 6.45) is -4.40. The number of aryl methyl sites for hydroxylation is 1. The maximum Gasteiger partial charge on any atom is 0.433 e. The van der Waals surface area contributed by atoms with E-state index in [9.17, 15) is 13.2 Å². The molecule has 92 valence electrons. The van der Waals surface area contributed by atoms with Crippen LogP contribution in [0.1, 0.15) is 5.69 Å². The lowest BCUT2D eigenvalue weighted by Gasteiger charge is -2.06. The van der Waals surface area contributed by atoms with Crippen molar-refractivity contribution in [2.45, 2.75) is 6.18 Å². The molecule has 1 aromatic heterocycles. The first-order valence-corrected chi connectivity index (χ1v) is 5.40. The minimum Gasteiger partial charge on any atom is -0.262 e. The van der Waals surface area contributed by atoms with Crippen LogP contribution < -0.4 is 0 Å². The highest BCUT2D eigenvalue weighted by molar-refractivity contribution is 6.06. The van der Waals surface area contributed by atoms with Crippen LogP contribution in [0.3, 0.4) is 0 Å². The largest absolute Gasteiger partial charge is 0.433 e. The van der Waals surface area contributed by atoms with Crippen LogP contribution in [0.25, 0.3) is 21.7 Å². The van der Waals surface area contributed by atoms with Gasteiger partial charge >= 0.3 is 6.18 Å². The number of hydrogen-bond acceptors (Lipinski definition) is 1. The Bertz CT molecular complexity index is 741. The van der Waals surface area contributed by atoms with Gasteiger partial charge in [-0.1, -0.05) is 30.3 Å². The molecule has 0 amide bonds. The molecule has 0 saturated heterocycles. The van der Waals surface area contributed by atoms with Gasteiger partial charge in [-0.3, -0.25) is 4.68 Å². The number of rotatable bonds is 0. The molecule has 18 heavy (non-hydrogen) atoms. The molecule has 0 unspecified atom stereocenters. The third-order valence-corrected chi connectivity index (χ3v) is 3.00. The van der Waals surface area contributed by atoms with Crippen molar-refractivity contribution in [2.24, 2.45) is 7.05 Å². The maximum atomic E-state index is 13.0. The van der Waals surface area contributed by atoms with Gasteiger partial charge in [-0.25, -0.2) is 0 Å². The van der Waals surface area contributed by atoms with Crippen molar-refractivity contribution in [1.29, 1.82) is 0 Å². The van der Waals surface area contributed by atoms with E-state index >= 15 is 0 Å². The number of nitrogens with zero attached hydrogens (tertiary/aromatic N) is 2. The summed E-state index contributed by atoms with van der Waals surface area (Å²) in [6, 6.07) is 10.5. The number of fused-ring (bicyclic) bond motifs is 3. The van der Waals surface area contributed by atoms with Crippen LogP contribution in [0.15, 0.2) is 36.4 Å². The number of aromatic nitrogens is 2. The average Bonchev–Trinajstić information content (AvgIpc) is 2.65. The molecular formula is C13H9F3N2. The maximum absolute atomic E-state index is 13.0. The van der Waals surface area contributed by atoms with E-state index in [-0.39, 0.29) is 5.39 Å². The van der Waals surface area contributed by atoms with E-state index in [0.717, 1.165) is 15.5 Å². The van der Waals surface area contributed by atoms with E-state index in [1.807, 2.05) is 12.1 Å². The van der Waals surface area contributed by atoms with Gasteiger partial charge in [-0.15, -0.1) is 0 Å². The second-order valence-electron chi connectivity index (χ2n) is 4.15. The molecule has 0 saturated carbocycles. The van der Waals surface area contributed by atoms with E-state index in [2.05, 4.69) is 5.10 Å². The molecule has 0 N–H and O–H groups in total. The van der Waals surface area contributed by atoms with Crippen LogP contribution in [0.5, 0.6) is 0 Å². The molecule has 0 aliphatic carbocycles. The molecule has 0 radical (unpaired) electrons. The van der Waals surface area contributed by atoms with Crippen molar-refractivity contribution in [3.8, 4) is 0 Å². The summed E-state index contributed by atoms with van der Waals surface area (Å²) in [6.45, 7) is 0. The Morgan fingerprint density at radius 2 is 1.72 bits per heavy atom. The summed E-state index contributed by atoms with van der Waals surface area (Å²) < 4.78 is 39.8. The average molecular weight is 250 g/mol. The van der Waals surface area contributed by atoms with E-state index in [1.54, 1.807) is 18.2 Å². The minimum absolute atomic E-state index is 0.142. The molecule has 3 aromatic rings. The molecule has 1 heterocycles. The number of benzene rings is 2. The highest BCUT2D eigenvalue weighted by atomic mass is 19.4. The van der Waals surface area contributed by atoms with Gasteiger partial charge in [0, 0.05) is 17.8 Å². The highest BCUT2D eigenvalue weighted by Crippen LogP contribution is 2.36. The predicted octanol–water partition coefficient (Wildman–Crippen LogP) is 3.75. The summed E-state index contributed by atoms with van der Waals surface area (Å²) in [5.74, 6) is 0. The molecule has 0 spiro atoms. The van der Waals surface area contributed by atoms with Gasteiger partial charge in [0.05, 0.1) is 0 Å². The van der Waals surface area contributed by atoms with Crippen LogP contribution in [-0.4, -0.2) is 9.78 Å². The lowest BCUT2D eigenvalue weighted by atomic mass is 10.1. The molecule has 0 fully saturated rings. The molecule has 3 rings (SSSR count). The predicted molar refractivity (Wildman–Crippen MR) is 63.2 cm³/mol. The molecule has 5 heteroatoms. The second-order valence-corrected chi connectivity index (χ2v) is 4.15.